The van der Waals surface area contributed by atoms with Crippen molar-refractivity contribution in [3.05, 3.63) is 85.2 Å². The van der Waals surface area contributed by atoms with E-state index in [4.69, 9.17) is 23.2 Å². The normalized spacial score (nSPS) is 10.8. The van der Waals surface area contributed by atoms with Crippen molar-refractivity contribution in [2.24, 2.45) is 0 Å². The van der Waals surface area contributed by atoms with Gasteiger partial charge in [0.2, 0.25) is 0 Å². The molecule has 24 heavy (non-hydrogen) atoms. The molecule has 3 rings (SSSR count). The lowest BCUT2D eigenvalue weighted by Gasteiger charge is -2.03. The summed E-state index contributed by atoms with van der Waals surface area (Å²) in [5.74, 6) is -0.312. The maximum absolute atomic E-state index is 12.7. The van der Waals surface area contributed by atoms with Crippen molar-refractivity contribution >= 4 is 29.0 Å². The van der Waals surface area contributed by atoms with Gasteiger partial charge < -0.3 is 0 Å². The van der Waals surface area contributed by atoms with Gasteiger partial charge in [0.1, 0.15) is 5.56 Å². The first-order chi connectivity index (χ1) is 11.4. The molecule has 4 nitrogen and oxygen atoms in total. The van der Waals surface area contributed by atoms with Crippen LogP contribution in [0.2, 0.25) is 10.0 Å². The van der Waals surface area contributed by atoms with Crippen molar-refractivity contribution < 1.29 is 4.79 Å². The minimum Gasteiger partial charge on any atom is -0.295 e. The minimum absolute atomic E-state index is 0.116. The molecule has 2 aromatic carbocycles. The molecule has 0 bridgehead atoms. The molecule has 0 aliphatic heterocycles. The highest BCUT2D eigenvalue weighted by molar-refractivity contribution is 6.42. The molecule has 1 N–H and O–H groups in total. The fourth-order valence-electron chi connectivity index (χ4n) is 2.47. The number of halogens is 2. The average molecular weight is 361 g/mol. The van der Waals surface area contributed by atoms with Crippen LogP contribution in [0.3, 0.4) is 0 Å². The summed E-state index contributed by atoms with van der Waals surface area (Å²) in [5, 5.41) is 3.65. The lowest BCUT2D eigenvalue weighted by molar-refractivity contribution is 0.103. The predicted octanol–water partition coefficient (Wildman–Crippen LogP) is 4.32. The van der Waals surface area contributed by atoms with E-state index >= 15 is 0 Å². The van der Waals surface area contributed by atoms with Gasteiger partial charge in [-0.25, -0.2) is 4.68 Å². The standard InChI is InChI=1S/C18H14Cl2N2O2/c1-10-3-5-12(6-4-10)17(23)16-11(2)21-22(18(16)24)13-7-8-14(19)15(20)9-13/h3-9,21H,1-2H3. The third-order valence-corrected chi connectivity index (χ3v) is 4.51. The van der Waals surface area contributed by atoms with Gasteiger partial charge >= 0.3 is 0 Å². The summed E-state index contributed by atoms with van der Waals surface area (Å²) in [6, 6.07) is 11.9. The van der Waals surface area contributed by atoms with E-state index in [1.807, 2.05) is 19.1 Å². The number of aromatic nitrogens is 2. The number of aryl methyl sites for hydroxylation is 2. The zero-order valence-electron chi connectivity index (χ0n) is 13.1. The summed E-state index contributed by atoms with van der Waals surface area (Å²) in [6.45, 7) is 3.63. The molecule has 0 spiro atoms. The zero-order valence-corrected chi connectivity index (χ0v) is 14.6. The number of carbonyl (C=O) groups excluding carboxylic acids is 1. The van der Waals surface area contributed by atoms with Gasteiger partial charge in [-0.15, -0.1) is 0 Å². The van der Waals surface area contributed by atoms with E-state index in [0.29, 0.717) is 27.0 Å². The Bertz CT molecular complexity index is 985. The van der Waals surface area contributed by atoms with Crippen LogP contribution in [-0.4, -0.2) is 15.6 Å². The first kappa shape index (κ1) is 16.6. The Hall–Kier alpha value is -2.30. The van der Waals surface area contributed by atoms with E-state index < -0.39 is 5.56 Å². The summed E-state index contributed by atoms with van der Waals surface area (Å²) >= 11 is 11.9. The van der Waals surface area contributed by atoms with Crippen LogP contribution in [0.15, 0.2) is 47.3 Å². The summed E-state index contributed by atoms with van der Waals surface area (Å²) < 4.78 is 1.29. The fraction of sp³-hybridized carbons (Fsp3) is 0.111. The van der Waals surface area contributed by atoms with Crippen molar-refractivity contribution in [1.82, 2.24) is 9.78 Å². The number of aromatic amines is 1. The molecule has 0 radical (unpaired) electrons. The molecule has 122 valence electrons. The van der Waals surface area contributed by atoms with Crippen LogP contribution < -0.4 is 5.56 Å². The molecule has 6 heteroatoms. The Morgan fingerprint density at radius 2 is 1.67 bits per heavy atom. The van der Waals surface area contributed by atoms with E-state index in [2.05, 4.69) is 5.10 Å². The van der Waals surface area contributed by atoms with Crippen LogP contribution in [0, 0.1) is 13.8 Å². The van der Waals surface area contributed by atoms with Gasteiger partial charge in [0.25, 0.3) is 5.56 Å². The molecule has 1 heterocycles. The second-order valence-electron chi connectivity index (χ2n) is 5.55. The number of ketones is 1. The molecule has 3 aromatic rings. The number of rotatable bonds is 3. The molecule has 0 amide bonds. The molecule has 1 aromatic heterocycles. The highest BCUT2D eigenvalue weighted by Gasteiger charge is 2.21. The molecular formula is C18H14Cl2N2O2. The lowest BCUT2D eigenvalue weighted by atomic mass is 10.0. The topological polar surface area (TPSA) is 54.9 Å². The van der Waals surface area contributed by atoms with E-state index in [1.54, 1.807) is 37.3 Å². The second-order valence-corrected chi connectivity index (χ2v) is 6.36. The number of hydrogen-bond acceptors (Lipinski definition) is 2. The van der Waals surface area contributed by atoms with Crippen molar-refractivity contribution in [2.75, 3.05) is 0 Å². The van der Waals surface area contributed by atoms with Crippen molar-refractivity contribution in [1.29, 1.82) is 0 Å². The highest BCUT2D eigenvalue weighted by atomic mass is 35.5. The van der Waals surface area contributed by atoms with Crippen molar-refractivity contribution in [2.45, 2.75) is 13.8 Å². The van der Waals surface area contributed by atoms with Crippen LogP contribution in [0.1, 0.15) is 27.2 Å². The van der Waals surface area contributed by atoms with Gasteiger partial charge in [-0.05, 0) is 32.0 Å². The number of carbonyl (C=O) groups is 1. The maximum Gasteiger partial charge on any atom is 0.282 e. The molecule has 0 fully saturated rings. The molecule has 0 atom stereocenters. The van der Waals surface area contributed by atoms with E-state index in [0.717, 1.165) is 5.56 Å². The summed E-state index contributed by atoms with van der Waals surface area (Å²) in [6.07, 6.45) is 0. The molecule has 0 unspecified atom stereocenters. The number of nitrogens with one attached hydrogen (secondary N) is 1. The molecular weight excluding hydrogens is 347 g/mol. The summed E-state index contributed by atoms with van der Waals surface area (Å²) in [4.78, 5) is 25.4. The largest absolute Gasteiger partial charge is 0.295 e. The van der Waals surface area contributed by atoms with Crippen LogP contribution >= 0.6 is 23.2 Å². The Morgan fingerprint density at radius 3 is 2.29 bits per heavy atom. The number of H-pyrrole nitrogens is 1. The van der Waals surface area contributed by atoms with Gasteiger partial charge in [0.05, 0.1) is 15.7 Å². The zero-order chi connectivity index (χ0) is 17.4. The van der Waals surface area contributed by atoms with E-state index in [-0.39, 0.29) is 11.3 Å². The monoisotopic (exact) mass is 360 g/mol. The highest BCUT2D eigenvalue weighted by Crippen LogP contribution is 2.24. The van der Waals surface area contributed by atoms with Crippen molar-refractivity contribution in [3.8, 4) is 5.69 Å². The van der Waals surface area contributed by atoms with Gasteiger partial charge in [-0.2, -0.15) is 0 Å². The third-order valence-electron chi connectivity index (χ3n) is 3.77. The quantitative estimate of drug-likeness (QED) is 0.707. The van der Waals surface area contributed by atoms with Crippen LogP contribution in [0.4, 0.5) is 0 Å². The summed E-state index contributed by atoms with van der Waals surface area (Å²) in [5.41, 5.74) is 2.23. The third kappa shape index (κ3) is 2.90. The first-order valence-corrected chi connectivity index (χ1v) is 8.02. The SMILES string of the molecule is Cc1ccc(C(=O)c2c(C)[nH]n(-c3ccc(Cl)c(Cl)c3)c2=O)cc1. The molecule has 0 aliphatic carbocycles. The van der Waals surface area contributed by atoms with E-state index in [9.17, 15) is 9.59 Å². The fourth-order valence-corrected chi connectivity index (χ4v) is 2.76. The Morgan fingerprint density at radius 1 is 1.00 bits per heavy atom. The Kier molecular flexibility index (Phi) is 4.35. The predicted molar refractivity (Wildman–Crippen MR) is 95.8 cm³/mol. The smallest absolute Gasteiger partial charge is 0.282 e. The summed E-state index contributed by atoms with van der Waals surface area (Å²) in [7, 11) is 0. The lowest BCUT2D eigenvalue weighted by Crippen LogP contribution is -2.20. The van der Waals surface area contributed by atoms with Crippen LogP contribution in [0.25, 0.3) is 5.69 Å². The first-order valence-electron chi connectivity index (χ1n) is 7.27. The number of hydrogen-bond donors (Lipinski definition) is 1. The van der Waals surface area contributed by atoms with Gasteiger partial charge in [-0.1, -0.05) is 53.0 Å². The van der Waals surface area contributed by atoms with Crippen LogP contribution in [-0.2, 0) is 0 Å². The number of nitrogens with zero attached hydrogens (tertiary/aromatic N) is 1. The minimum atomic E-state index is -0.420. The second kappa shape index (κ2) is 6.30. The average Bonchev–Trinajstić information content (AvgIpc) is 2.85. The van der Waals surface area contributed by atoms with Gasteiger partial charge in [0, 0.05) is 11.3 Å². The molecule has 0 saturated heterocycles. The van der Waals surface area contributed by atoms with Crippen LogP contribution in [0.5, 0.6) is 0 Å². The van der Waals surface area contributed by atoms with Gasteiger partial charge in [-0.3, -0.25) is 14.7 Å². The molecule has 0 saturated carbocycles. The Balaban J connectivity index is 2.09. The number of benzene rings is 2. The van der Waals surface area contributed by atoms with E-state index in [1.165, 1.54) is 4.68 Å². The van der Waals surface area contributed by atoms with Crippen molar-refractivity contribution in [3.63, 3.8) is 0 Å². The molecule has 0 aliphatic rings. The Labute approximate surface area is 148 Å². The van der Waals surface area contributed by atoms with Gasteiger partial charge in [0.15, 0.2) is 5.78 Å². The maximum atomic E-state index is 12.7.